The van der Waals surface area contributed by atoms with Crippen LogP contribution >= 0.6 is 0 Å². The number of nitrogens with one attached hydrogen (secondary N) is 2. The molecule has 96 valence electrons. The molecule has 1 aliphatic heterocycles. The van der Waals surface area contributed by atoms with Crippen LogP contribution in [0.4, 0.5) is 11.4 Å². The Labute approximate surface area is 116 Å². The number of pyridine rings is 1. The standard InChI is InChI=1S/C17H13N3/c18-12-9-10-20-16-8-4-3-7-15(16)19-14-6-2-1-5-13(14)17(20)11-12/h1-11,18-19H. The van der Waals surface area contributed by atoms with Gasteiger partial charge in [0.15, 0.2) is 0 Å². The molecule has 0 fully saturated rings. The first kappa shape index (κ1) is 11.1. The van der Waals surface area contributed by atoms with Crippen LogP contribution in [0.25, 0.3) is 16.9 Å². The third kappa shape index (κ3) is 1.57. The van der Waals surface area contributed by atoms with Crippen LogP contribution in [-0.2, 0) is 0 Å². The lowest BCUT2D eigenvalue weighted by Crippen LogP contribution is -2.06. The van der Waals surface area contributed by atoms with Crippen LogP contribution in [0.5, 0.6) is 0 Å². The topological polar surface area (TPSA) is 40.8 Å². The van der Waals surface area contributed by atoms with E-state index < -0.39 is 0 Å². The molecule has 2 aromatic carbocycles. The van der Waals surface area contributed by atoms with E-state index in [2.05, 4.69) is 34.1 Å². The van der Waals surface area contributed by atoms with E-state index >= 15 is 0 Å². The zero-order chi connectivity index (χ0) is 13.5. The summed E-state index contributed by atoms with van der Waals surface area (Å²) in [6.07, 6.45) is 1.96. The molecule has 3 aromatic rings. The molecule has 2 N–H and O–H groups in total. The van der Waals surface area contributed by atoms with Gasteiger partial charge in [0.05, 0.1) is 22.4 Å². The number of para-hydroxylation sites is 3. The highest BCUT2D eigenvalue weighted by Crippen LogP contribution is 2.37. The van der Waals surface area contributed by atoms with Crippen molar-refractivity contribution in [2.24, 2.45) is 0 Å². The lowest BCUT2D eigenvalue weighted by molar-refractivity contribution is 1.04. The summed E-state index contributed by atoms with van der Waals surface area (Å²) < 4.78 is 2.13. The zero-order valence-electron chi connectivity index (χ0n) is 10.8. The number of fused-ring (bicyclic) bond motifs is 5. The molecule has 2 heterocycles. The van der Waals surface area contributed by atoms with E-state index in [0.29, 0.717) is 5.36 Å². The minimum Gasteiger partial charge on any atom is -0.353 e. The third-order valence-corrected chi connectivity index (χ3v) is 3.59. The minimum absolute atomic E-state index is 0.519. The van der Waals surface area contributed by atoms with Crippen LogP contribution in [0, 0.1) is 5.41 Å². The molecule has 1 aromatic heterocycles. The Kier molecular flexibility index (Phi) is 2.27. The number of rotatable bonds is 0. The third-order valence-electron chi connectivity index (χ3n) is 3.59. The fourth-order valence-electron chi connectivity index (χ4n) is 2.67. The van der Waals surface area contributed by atoms with Crippen LogP contribution in [0.1, 0.15) is 0 Å². The van der Waals surface area contributed by atoms with Crippen LogP contribution < -0.4 is 10.7 Å². The van der Waals surface area contributed by atoms with Crippen molar-refractivity contribution in [1.82, 2.24) is 4.57 Å². The summed E-state index contributed by atoms with van der Waals surface area (Å²) in [6.45, 7) is 0. The molecule has 0 aliphatic carbocycles. The van der Waals surface area contributed by atoms with E-state index in [1.54, 1.807) is 0 Å². The van der Waals surface area contributed by atoms with Gasteiger partial charge in [-0.2, -0.15) is 0 Å². The predicted octanol–water partition coefficient (Wildman–Crippen LogP) is 3.68. The van der Waals surface area contributed by atoms with Gasteiger partial charge >= 0.3 is 0 Å². The quantitative estimate of drug-likeness (QED) is 0.497. The summed E-state index contributed by atoms with van der Waals surface area (Å²) in [5.74, 6) is 0. The highest BCUT2D eigenvalue weighted by atomic mass is 15.0. The molecule has 0 radical (unpaired) electrons. The normalized spacial score (nSPS) is 11.6. The van der Waals surface area contributed by atoms with Crippen LogP contribution in [0.3, 0.4) is 0 Å². The Morgan fingerprint density at radius 2 is 1.60 bits per heavy atom. The maximum absolute atomic E-state index is 7.90. The average Bonchev–Trinajstić information content (AvgIpc) is 2.61. The molecular weight excluding hydrogens is 246 g/mol. The maximum atomic E-state index is 7.90. The fraction of sp³-hybridized carbons (Fsp3) is 0. The van der Waals surface area contributed by atoms with Gasteiger partial charge in [-0.1, -0.05) is 30.3 Å². The summed E-state index contributed by atoms with van der Waals surface area (Å²) in [5, 5.41) is 11.9. The minimum atomic E-state index is 0.519. The molecule has 0 atom stereocenters. The van der Waals surface area contributed by atoms with E-state index in [9.17, 15) is 0 Å². The molecular formula is C17H13N3. The van der Waals surface area contributed by atoms with Gasteiger partial charge in [0.2, 0.25) is 0 Å². The molecule has 0 unspecified atom stereocenters. The van der Waals surface area contributed by atoms with Crippen LogP contribution in [0.2, 0.25) is 0 Å². The van der Waals surface area contributed by atoms with E-state index in [4.69, 9.17) is 5.41 Å². The Hall–Kier alpha value is -2.81. The molecule has 0 bridgehead atoms. The zero-order valence-corrected chi connectivity index (χ0v) is 10.8. The second kappa shape index (κ2) is 4.10. The van der Waals surface area contributed by atoms with Gasteiger partial charge in [-0.25, -0.2) is 0 Å². The molecule has 0 saturated carbocycles. The van der Waals surface area contributed by atoms with Gasteiger partial charge in [0.1, 0.15) is 0 Å². The maximum Gasteiger partial charge on any atom is 0.0691 e. The highest BCUT2D eigenvalue weighted by molar-refractivity contribution is 5.85. The molecule has 3 nitrogen and oxygen atoms in total. The first-order chi connectivity index (χ1) is 9.83. The summed E-state index contributed by atoms with van der Waals surface area (Å²) in [6, 6.07) is 20.1. The first-order valence-corrected chi connectivity index (χ1v) is 6.56. The van der Waals surface area contributed by atoms with Crippen LogP contribution in [0.15, 0.2) is 66.9 Å². The molecule has 0 saturated heterocycles. The summed E-state index contributed by atoms with van der Waals surface area (Å²) in [5.41, 5.74) is 5.38. The number of aromatic nitrogens is 1. The summed E-state index contributed by atoms with van der Waals surface area (Å²) in [7, 11) is 0. The van der Waals surface area contributed by atoms with E-state index in [1.807, 2.05) is 42.6 Å². The van der Waals surface area contributed by atoms with Crippen LogP contribution in [-0.4, -0.2) is 4.57 Å². The largest absolute Gasteiger partial charge is 0.353 e. The van der Waals surface area contributed by atoms with E-state index in [-0.39, 0.29) is 0 Å². The van der Waals surface area contributed by atoms with E-state index in [0.717, 1.165) is 28.3 Å². The Morgan fingerprint density at radius 1 is 0.850 bits per heavy atom. The van der Waals surface area contributed by atoms with Crippen molar-refractivity contribution in [2.75, 3.05) is 5.32 Å². The number of hydrogen-bond acceptors (Lipinski definition) is 2. The van der Waals surface area contributed by atoms with Crippen molar-refractivity contribution in [3.05, 3.63) is 72.2 Å². The molecule has 0 spiro atoms. The lowest BCUT2D eigenvalue weighted by atomic mass is 10.1. The number of hydrogen-bond donors (Lipinski definition) is 2. The lowest BCUT2D eigenvalue weighted by Gasteiger charge is -2.12. The molecule has 1 aliphatic rings. The van der Waals surface area contributed by atoms with Crippen molar-refractivity contribution in [3.8, 4) is 16.9 Å². The fourth-order valence-corrected chi connectivity index (χ4v) is 2.67. The van der Waals surface area contributed by atoms with Gasteiger partial charge in [-0.05, 0) is 30.3 Å². The van der Waals surface area contributed by atoms with Crippen molar-refractivity contribution in [3.63, 3.8) is 0 Å². The van der Waals surface area contributed by atoms with Gasteiger partial charge in [0, 0.05) is 17.4 Å². The number of nitrogens with zero attached hydrogens (tertiary/aromatic N) is 1. The monoisotopic (exact) mass is 259 g/mol. The Balaban J connectivity index is 2.16. The second-order valence-electron chi connectivity index (χ2n) is 4.86. The number of anilines is 2. The molecule has 4 rings (SSSR count). The molecule has 20 heavy (non-hydrogen) atoms. The van der Waals surface area contributed by atoms with E-state index in [1.165, 1.54) is 0 Å². The highest BCUT2D eigenvalue weighted by Gasteiger charge is 2.16. The van der Waals surface area contributed by atoms with Gasteiger partial charge in [-0.3, -0.25) is 0 Å². The molecule has 0 amide bonds. The van der Waals surface area contributed by atoms with Gasteiger partial charge < -0.3 is 15.3 Å². The Bertz CT molecular complexity index is 862. The number of benzene rings is 2. The molecule has 3 heteroatoms. The van der Waals surface area contributed by atoms with Crippen molar-refractivity contribution in [1.29, 1.82) is 5.41 Å². The summed E-state index contributed by atoms with van der Waals surface area (Å²) in [4.78, 5) is 0. The van der Waals surface area contributed by atoms with Crippen molar-refractivity contribution >= 4 is 11.4 Å². The second-order valence-corrected chi connectivity index (χ2v) is 4.86. The predicted molar refractivity (Wildman–Crippen MR) is 80.3 cm³/mol. The van der Waals surface area contributed by atoms with Crippen molar-refractivity contribution < 1.29 is 0 Å². The van der Waals surface area contributed by atoms with Crippen molar-refractivity contribution in [2.45, 2.75) is 0 Å². The Morgan fingerprint density at radius 3 is 2.50 bits per heavy atom. The summed E-state index contributed by atoms with van der Waals surface area (Å²) >= 11 is 0. The smallest absolute Gasteiger partial charge is 0.0691 e. The SMILES string of the molecule is N=c1ccn2c(c1)-c1ccccc1Nc1ccccc1-2. The first-order valence-electron chi connectivity index (χ1n) is 6.56. The van der Waals surface area contributed by atoms with Gasteiger partial charge in [-0.15, -0.1) is 0 Å². The average molecular weight is 259 g/mol. The van der Waals surface area contributed by atoms with Gasteiger partial charge in [0.25, 0.3) is 0 Å².